The van der Waals surface area contributed by atoms with E-state index in [2.05, 4.69) is 10.6 Å². The fraction of sp³-hybridized carbons (Fsp3) is 0.333. The second-order valence-electron chi connectivity index (χ2n) is 6.47. The van der Waals surface area contributed by atoms with Crippen LogP contribution in [0.5, 0.6) is 5.75 Å². The molecule has 2 amide bonds. The lowest BCUT2D eigenvalue weighted by Crippen LogP contribution is -2.31. The third kappa shape index (κ3) is 5.56. The van der Waals surface area contributed by atoms with Crippen LogP contribution in [0, 0.1) is 0 Å². The number of amides is 2. The van der Waals surface area contributed by atoms with Gasteiger partial charge in [-0.25, -0.2) is 0 Å². The number of hydrogen-bond donors (Lipinski definition) is 2. The van der Waals surface area contributed by atoms with Crippen molar-refractivity contribution in [1.29, 1.82) is 0 Å². The lowest BCUT2D eigenvalue weighted by atomic mass is 9.98. The molecule has 142 valence electrons. The van der Waals surface area contributed by atoms with Crippen molar-refractivity contribution in [1.82, 2.24) is 5.32 Å². The van der Waals surface area contributed by atoms with Gasteiger partial charge in [0.25, 0.3) is 0 Å². The minimum Gasteiger partial charge on any atom is -0.491 e. The molecule has 0 saturated heterocycles. The Balaban J connectivity index is 1.39. The third-order valence-electron chi connectivity index (χ3n) is 4.38. The van der Waals surface area contributed by atoms with E-state index in [-0.39, 0.29) is 24.5 Å². The van der Waals surface area contributed by atoms with Crippen LogP contribution in [0.4, 0.5) is 5.69 Å². The number of fused-ring (bicyclic) bond motifs is 1. The number of ether oxygens (including phenoxy) is 2. The average Bonchev–Trinajstić information content (AvgIpc) is 2.68. The summed E-state index contributed by atoms with van der Waals surface area (Å²) in [6.07, 6.45) is 1.22. The summed E-state index contributed by atoms with van der Waals surface area (Å²) in [6.45, 7) is 2.65. The zero-order valence-corrected chi connectivity index (χ0v) is 15.4. The Morgan fingerprint density at radius 3 is 2.78 bits per heavy atom. The third-order valence-corrected chi connectivity index (χ3v) is 4.38. The number of nitrogens with one attached hydrogen (secondary N) is 2. The summed E-state index contributed by atoms with van der Waals surface area (Å²) < 4.78 is 10.9. The van der Waals surface area contributed by atoms with E-state index >= 15 is 0 Å². The predicted octanol–water partition coefficient (Wildman–Crippen LogP) is 2.84. The summed E-state index contributed by atoms with van der Waals surface area (Å²) in [5, 5.41) is 5.79. The molecule has 0 saturated carbocycles. The molecule has 2 aromatic rings. The first-order chi connectivity index (χ1) is 13.1. The molecule has 0 spiro atoms. The molecular weight excluding hydrogens is 344 g/mol. The average molecular weight is 368 g/mol. The van der Waals surface area contributed by atoms with Gasteiger partial charge >= 0.3 is 0 Å². The monoisotopic (exact) mass is 368 g/mol. The van der Waals surface area contributed by atoms with Gasteiger partial charge in [0.1, 0.15) is 19.0 Å². The Labute approximate surface area is 158 Å². The number of carbonyl (C=O) groups excluding carboxylic acids is 2. The highest BCUT2D eigenvalue weighted by Crippen LogP contribution is 2.26. The van der Waals surface area contributed by atoms with Gasteiger partial charge in [0.15, 0.2) is 0 Å². The molecule has 6 heteroatoms. The van der Waals surface area contributed by atoms with Gasteiger partial charge in [-0.05, 0) is 42.7 Å². The topological polar surface area (TPSA) is 76.7 Å². The zero-order valence-electron chi connectivity index (χ0n) is 15.4. The quantitative estimate of drug-likeness (QED) is 0.703. The molecule has 1 atom stereocenters. The summed E-state index contributed by atoms with van der Waals surface area (Å²) in [7, 11) is 0. The lowest BCUT2D eigenvalue weighted by Gasteiger charge is -2.20. The Hall–Kier alpha value is -2.86. The van der Waals surface area contributed by atoms with E-state index in [0.717, 1.165) is 29.0 Å². The maximum Gasteiger partial charge on any atom is 0.246 e. The van der Waals surface area contributed by atoms with Crippen molar-refractivity contribution in [3.05, 3.63) is 59.7 Å². The van der Waals surface area contributed by atoms with Crippen LogP contribution >= 0.6 is 0 Å². The van der Waals surface area contributed by atoms with Crippen LogP contribution in [0.2, 0.25) is 0 Å². The first kappa shape index (κ1) is 18.9. The standard InChI is InChI=1S/C21H24N2O4/c1-15(16-7-9-19-17(13-16)8-10-20(24)23-19)22-21(25)14-26-11-12-27-18-5-3-2-4-6-18/h2-7,9,13,15H,8,10-12,14H2,1H3,(H,22,25)(H,23,24). The van der Waals surface area contributed by atoms with Gasteiger partial charge in [-0.15, -0.1) is 0 Å². The van der Waals surface area contributed by atoms with Gasteiger partial charge in [-0.3, -0.25) is 9.59 Å². The van der Waals surface area contributed by atoms with Crippen LogP contribution in [-0.2, 0) is 20.7 Å². The summed E-state index contributed by atoms with van der Waals surface area (Å²) in [5.74, 6) is 0.654. The summed E-state index contributed by atoms with van der Waals surface area (Å²) >= 11 is 0. The molecule has 2 aromatic carbocycles. The SMILES string of the molecule is CC(NC(=O)COCCOc1ccccc1)c1ccc2c(c1)CCC(=O)N2. The zero-order chi connectivity index (χ0) is 19.1. The second kappa shape index (κ2) is 9.19. The molecule has 0 aliphatic carbocycles. The molecule has 2 N–H and O–H groups in total. The Bertz CT molecular complexity index is 792. The normalized spacial score (nSPS) is 14.0. The smallest absolute Gasteiger partial charge is 0.246 e. The molecule has 1 aliphatic rings. The number of aryl methyl sites for hydroxylation is 1. The van der Waals surface area contributed by atoms with Crippen molar-refractivity contribution in [2.75, 3.05) is 25.1 Å². The highest BCUT2D eigenvalue weighted by atomic mass is 16.5. The van der Waals surface area contributed by atoms with Crippen LogP contribution in [-0.4, -0.2) is 31.6 Å². The molecule has 0 bridgehead atoms. The molecule has 0 radical (unpaired) electrons. The van der Waals surface area contributed by atoms with E-state index < -0.39 is 0 Å². The van der Waals surface area contributed by atoms with Crippen LogP contribution in [0.1, 0.15) is 30.5 Å². The van der Waals surface area contributed by atoms with Crippen LogP contribution in [0.3, 0.4) is 0 Å². The van der Waals surface area contributed by atoms with Crippen LogP contribution in [0.15, 0.2) is 48.5 Å². The van der Waals surface area contributed by atoms with E-state index in [1.807, 2.05) is 55.5 Å². The molecule has 27 heavy (non-hydrogen) atoms. The van der Waals surface area contributed by atoms with E-state index in [1.54, 1.807) is 0 Å². The molecule has 3 rings (SSSR count). The first-order valence-electron chi connectivity index (χ1n) is 9.09. The number of anilines is 1. The molecule has 6 nitrogen and oxygen atoms in total. The molecule has 1 aliphatic heterocycles. The number of benzene rings is 2. The number of hydrogen-bond acceptors (Lipinski definition) is 4. The van der Waals surface area contributed by atoms with Crippen molar-refractivity contribution in [3.8, 4) is 5.75 Å². The van der Waals surface area contributed by atoms with E-state index in [0.29, 0.717) is 19.6 Å². The van der Waals surface area contributed by atoms with Crippen molar-refractivity contribution in [2.24, 2.45) is 0 Å². The predicted molar refractivity (Wildman–Crippen MR) is 103 cm³/mol. The van der Waals surface area contributed by atoms with Gasteiger partial charge in [0, 0.05) is 12.1 Å². The molecule has 0 aromatic heterocycles. The van der Waals surface area contributed by atoms with Gasteiger partial charge in [0.05, 0.1) is 12.6 Å². The summed E-state index contributed by atoms with van der Waals surface area (Å²) in [4.78, 5) is 23.5. The number of rotatable bonds is 8. The van der Waals surface area contributed by atoms with Crippen LogP contribution in [0.25, 0.3) is 0 Å². The van der Waals surface area contributed by atoms with Crippen molar-refractivity contribution < 1.29 is 19.1 Å². The van der Waals surface area contributed by atoms with E-state index in [9.17, 15) is 9.59 Å². The minimum atomic E-state index is -0.173. The lowest BCUT2D eigenvalue weighted by molar-refractivity contribution is -0.126. The molecule has 1 unspecified atom stereocenters. The molecule has 0 fully saturated rings. The van der Waals surface area contributed by atoms with Gasteiger partial charge in [-0.1, -0.05) is 30.3 Å². The fourth-order valence-corrected chi connectivity index (χ4v) is 2.94. The van der Waals surface area contributed by atoms with Crippen LogP contribution < -0.4 is 15.4 Å². The van der Waals surface area contributed by atoms with E-state index in [1.165, 1.54) is 0 Å². The Morgan fingerprint density at radius 1 is 1.15 bits per heavy atom. The highest BCUT2D eigenvalue weighted by molar-refractivity contribution is 5.93. The molecule has 1 heterocycles. The minimum absolute atomic E-state index is 0.0104. The van der Waals surface area contributed by atoms with Gasteiger partial charge in [0.2, 0.25) is 11.8 Å². The maximum atomic E-state index is 12.1. The van der Waals surface area contributed by atoms with Gasteiger partial charge in [-0.2, -0.15) is 0 Å². The summed E-state index contributed by atoms with van der Waals surface area (Å²) in [5.41, 5.74) is 2.96. The Kier molecular flexibility index (Phi) is 6.44. The first-order valence-corrected chi connectivity index (χ1v) is 9.09. The van der Waals surface area contributed by atoms with Crippen molar-refractivity contribution in [2.45, 2.75) is 25.8 Å². The number of para-hydroxylation sites is 1. The highest BCUT2D eigenvalue weighted by Gasteiger charge is 2.17. The maximum absolute atomic E-state index is 12.1. The fourth-order valence-electron chi connectivity index (χ4n) is 2.94. The van der Waals surface area contributed by atoms with Gasteiger partial charge < -0.3 is 20.1 Å². The van der Waals surface area contributed by atoms with Crippen molar-refractivity contribution in [3.63, 3.8) is 0 Å². The largest absolute Gasteiger partial charge is 0.491 e. The van der Waals surface area contributed by atoms with E-state index in [4.69, 9.17) is 9.47 Å². The molecular formula is C21H24N2O4. The van der Waals surface area contributed by atoms with Crippen molar-refractivity contribution >= 4 is 17.5 Å². The second-order valence-corrected chi connectivity index (χ2v) is 6.47. The number of carbonyl (C=O) groups is 2. The Morgan fingerprint density at radius 2 is 1.96 bits per heavy atom. The summed E-state index contributed by atoms with van der Waals surface area (Å²) in [6, 6.07) is 15.2.